The average Bonchev–Trinajstić information content (AvgIpc) is 2.82. The molecule has 0 amide bonds. The number of nitrogens with zero attached hydrogens (tertiary/aromatic N) is 2. The Morgan fingerprint density at radius 1 is 1.37 bits per heavy atom. The van der Waals surface area contributed by atoms with Crippen molar-refractivity contribution in [3.63, 3.8) is 0 Å². The third kappa shape index (κ3) is 3.61. The van der Waals surface area contributed by atoms with Gasteiger partial charge >= 0.3 is 0 Å². The largest absolute Gasteiger partial charge is 0.339 e. The number of benzene rings is 1. The van der Waals surface area contributed by atoms with Gasteiger partial charge in [-0.1, -0.05) is 30.3 Å². The van der Waals surface area contributed by atoms with Gasteiger partial charge in [0.1, 0.15) is 5.82 Å². The Morgan fingerprint density at radius 2 is 2.16 bits per heavy atom. The number of halogens is 1. The Hall–Kier alpha value is -1.75. The molecular weight excluding hydrogens is 245 g/mol. The molecule has 0 saturated carbocycles. The van der Waals surface area contributed by atoms with Gasteiger partial charge in [0.2, 0.25) is 5.89 Å². The molecule has 0 aliphatic carbocycles. The number of hydrogen-bond donors (Lipinski definition) is 1. The Labute approximate surface area is 112 Å². The summed E-state index contributed by atoms with van der Waals surface area (Å²) in [7, 11) is 0. The van der Waals surface area contributed by atoms with Crippen molar-refractivity contribution in [2.24, 2.45) is 0 Å². The molecule has 0 aliphatic heterocycles. The van der Waals surface area contributed by atoms with Crippen molar-refractivity contribution in [3.8, 4) is 0 Å². The van der Waals surface area contributed by atoms with Crippen molar-refractivity contribution in [2.75, 3.05) is 6.54 Å². The van der Waals surface area contributed by atoms with Crippen LogP contribution in [0.4, 0.5) is 4.39 Å². The highest BCUT2D eigenvalue weighted by molar-refractivity contribution is 5.21. The SMILES string of the molecule is CCC(NCCc1nc(C)no1)c1ccccc1F. The van der Waals surface area contributed by atoms with Gasteiger partial charge in [0.15, 0.2) is 5.82 Å². The Morgan fingerprint density at radius 3 is 2.79 bits per heavy atom. The number of aryl methyl sites for hydroxylation is 1. The molecule has 2 aromatic rings. The van der Waals surface area contributed by atoms with Crippen molar-refractivity contribution < 1.29 is 8.91 Å². The van der Waals surface area contributed by atoms with Crippen LogP contribution in [0.15, 0.2) is 28.8 Å². The molecule has 1 atom stereocenters. The first kappa shape index (κ1) is 13.7. The smallest absolute Gasteiger partial charge is 0.227 e. The van der Waals surface area contributed by atoms with Crippen molar-refractivity contribution >= 4 is 0 Å². The first-order chi connectivity index (χ1) is 9.20. The van der Waals surface area contributed by atoms with Gasteiger partial charge in [-0.3, -0.25) is 0 Å². The topological polar surface area (TPSA) is 51.0 Å². The molecule has 5 heteroatoms. The second kappa shape index (κ2) is 6.43. The van der Waals surface area contributed by atoms with E-state index in [0.29, 0.717) is 30.2 Å². The van der Waals surface area contributed by atoms with Gasteiger partial charge in [-0.05, 0) is 19.4 Å². The maximum absolute atomic E-state index is 13.7. The Balaban J connectivity index is 1.91. The van der Waals surface area contributed by atoms with E-state index in [1.54, 1.807) is 13.0 Å². The highest BCUT2D eigenvalue weighted by Gasteiger charge is 2.13. The second-order valence-corrected chi connectivity index (χ2v) is 4.42. The molecule has 4 nitrogen and oxygen atoms in total. The normalized spacial score (nSPS) is 12.6. The van der Waals surface area contributed by atoms with Crippen LogP contribution >= 0.6 is 0 Å². The molecule has 0 aliphatic rings. The lowest BCUT2D eigenvalue weighted by Crippen LogP contribution is -2.24. The fourth-order valence-corrected chi connectivity index (χ4v) is 2.03. The molecule has 0 fully saturated rings. The highest BCUT2D eigenvalue weighted by Crippen LogP contribution is 2.19. The van der Waals surface area contributed by atoms with Crippen LogP contribution in [0.2, 0.25) is 0 Å². The molecule has 0 spiro atoms. The van der Waals surface area contributed by atoms with Gasteiger partial charge in [-0.2, -0.15) is 4.98 Å². The third-order valence-electron chi connectivity index (χ3n) is 2.99. The summed E-state index contributed by atoms with van der Waals surface area (Å²) in [4.78, 5) is 4.13. The predicted octanol–water partition coefficient (Wildman–Crippen LogP) is 2.80. The molecule has 0 saturated heterocycles. The zero-order chi connectivity index (χ0) is 13.7. The summed E-state index contributed by atoms with van der Waals surface area (Å²) in [5, 5.41) is 7.05. The third-order valence-corrected chi connectivity index (χ3v) is 2.99. The van der Waals surface area contributed by atoms with Gasteiger partial charge in [0, 0.05) is 24.6 Å². The number of hydrogen-bond acceptors (Lipinski definition) is 4. The molecule has 102 valence electrons. The van der Waals surface area contributed by atoms with E-state index >= 15 is 0 Å². The highest BCUT2D eigenvalue weighted by atomic mass is 19.1. The number of nitrogens with one attached hydrogen (secondary N) is 1. The monoisotopic (exact) mass is 263 g/mol. The summed E-state index contributed by atoms with van der Waals surface area (Å²) in [5.41, 5.74) is 0.701. The van der Waals surface area contributed by atoms with Crippen LogP contribution in [-0.2, 0) is 6.42 Å². The number of rotatable bonds is 6. The molecular formula is C14H18FN3O. The van der Waals surface area contributed by atoms with Crippen LogP contribution in [0.25, 0.3) is 0 Å². The molecule has 1 aromatic heterocycles. The van der Waals surface area contributed by atoms with E-state index in [1.807, 2.05) is 19.1 Å². The maximum Gasteiger partial charge on any atom is 0.227 e. The van der Waals surface area contributed by atoms with Gasteiger partial charge in [0.05, 0.1) is 0 Å². The van der Waals surface area contributed by atoms with Crippen molar-refractivity contribution in [1.82, 2.24) is 15.5 Å². The molecule has 2 rings (SSSR count). The summed E-state index contributed by atoms with van der Waals surface area (Å²) < 4.78 is 18.7. The average molecular weight is 263 g/mol. The van der Waals surface area contributed by atoms with Crippen LogP contribution in [-0.4, -0.2) is 16.7 Å². The van der Waals surface area contributed by atoms with Crippen LogP contribution < -0.4 is 5.32 Å². The summed E-state index contributed by atoms with van der Waals surface area (Å²) in [6.45, 7) is 4.49. The molecule has 19 heavy (non-hydrogen) atoms. The fraction of sp³-hybridized carbons (Fsp3) is 0.429. The molecule has 1 aromatic carbocycles. The van der Waals surface area contributed by atoms with E-state index in [2.05, 4.69) is 15.5 Å². The molecule has 0 bridgehead atoms. The summed E-state index contributed by atoms with van der Waals surface area (Å²) in [6.07, 6.45) is 1.47. The van der Waals surface area contributed by atoms with Gasteiger partial charge in [-0.15, -0.1) is 0 Å². The summed E-state index contributed by atoms with van der Waals surface area (Å²) in [5.74, 6) is 1.07. The predicted molar refractivity (Wildman–Crippen MR) is 70.2 cm³/mol. The Bertz CT molecular complexity index is 527. The van der Waals surface area contributed by atoms with Gasteiger partial charge in [-0.25, -0.2) is 4.39 Å². The van der Waals surface area contributed by atoms with Crippen molar-refractivity contribution in [2.45, 2.75) is 32.7 Å². The van der Waals surface area contributed by atoms with E-state index < -0.39 is 0 Å². The Kier molecular flexibility index (Phi) is 4.63. The van der Waals surface area contributed by atoms with Crippen molar-refractivity contribution in [1.29, 1.82) is 0 Å². The fourth-order valence-electron chi connectivity index (χ4n) is 2.03. The van der Waals surface area contributed by atoms with E-state index in [9.17, 15) is 4.39 Å². The van der Waals surface area contributed by atoms with Crippen LogP contribution in [0.5, 0.6) is 0 Å². The van der Waals surface area contributed by atoms with Gasteiger partial charge < -0.3 is 9.84 Å². The van der Waals surface area contributed by atoms with E-state index in [0.717, 1.165) is 6.42 Å². The minimum absolute atomic E-state index is 0.00483. The standard InChI is InChI=1S/C14H18FN3O/c1-3-13(11-6-4-5-7-12(11)15)16-9-8-14-17-10(2)18-19-14/h4-7,13,16H,3,8-9H2,1-2H3. The first-order valence-corrected chi connectivity index (χ1v) is 6.47. The first-order valence-electron chi connectivity index (χ1n) is 6.47. The van der Waals surface area contributed by atoms with Crippen LogP contribution in [0.1, 0.15) is 36.7 Å². The van der Waals surface area contributed by atoms with E-state index in [4.69, 9.17) is 4.52 Å². The zero-order valence-electron chi connectivity index (χ0n) is 11.2. The van der Waals surface area contributed by atoms with Crippen molar-refractivity contribution in [3.05, 3.63) is 47.4 Å². The van der Waals surface area contributed by atoms with E-state index in [-0.39, 0.29) is 11.9 Å². The maximum atomic E-state index is 13.7. The van der Waals surface area contributed by atoms with Crippen LogP contribution in [0, 0.1) is 12.7 Å². The molecule has 0 radical (unpaired) electrons. The minimum atomic E-state index is -0.171. The second-order valence-electron chi connectivity index (χ2n) is 4.42. The summed E-state index contributed by atoms with van der Waals surface area (Å²) in [6, 6.07) is 6.86. The molecule has 1 heterocycles. The van der Waals surface area contributed by atoms with Gasteiger partial charge in [0.25, 0.3) is 0 Å². The lowest BCUT2D eigenvalue weighted by molar-refractivity contribution is 0.368. The molecule has 1 N–H and O–H groups in total. The van der Waals surface area contributed by atoms with Crippen LogP contribution in [0.3, 0.4) is 0 Å². The minimum Gasteiger partial charge on any atom is -0.339 e. The van der Waals surface area contributed by atoms with E-state index in [1.165, 1.54) is 6.07 Å². The summed E-state index contributed by atoms with van der Waals surface area (Å²) >= 11 is 0. The molecule has 1 unspecified atom stereocenters. The zero-order valence-corrected chi connectivity index (χ0v) is 11.2. The lowest BCUT2D eigenvalue weighted by atomic mass is 10.0. The quantitative estimate of drug-likeness (QED) is 0.870. The lowest BCUT2D eigenvalue weighted by Gasteiger charge is -2.17. The number of aromatic nitrogens is 2.